The van der Waals surface area contributed by atoms with E-state index in [0.717, 1.165) is 5.56 Å². The number of sulfone groups is 1. The van der Waals surface area contributed by atoms with Gasteiger partial charge in [-0.15, -0.1) is 0 Å². The van der Waals surface area contributed by atoms with Gasteiger partial charge < -0.3 is 9.72 Å². The van der Waals surface area contributed by atoms with Gasteiger partial charge in [0.25, 0.3) is 5.56 Å². The first-order valence-corrected chi connectivity index (χ1v) is 8.88. The van der Waals surface area contributed by atoms with Crippen LogP contribution in [-0.2, 0) is 9.84 Å². The first-order chi connectivity index (χ1) is 10.4. The van der Waals surface area contributed by atoms with Crippen molar-refractivity contribution in [1.82, 2.24) is 15.0 Å². The number of pyridine rings is 1. The molecule has 0 aliphatic carbocycles. The van der Waals surface area contributed by atoms with Gasteiger partial charge >= 0.3 is 0 Å². The maximum Gasteiger partial charge on any atom is 0.260 e. The third-order valence-corrected chi connectivity index (χ3v) is 5.71. The molecule has 0 bridgehead atoms. The molecular weight excluding hydrogens is 306 g/mol. The van der Waals surface area contributed by atoms with Crippen LogP contribution in [0.2, 0.25) is 0 Å². The first-order valence-electron chi connectivity index (χ1n) is 7.05. The molecule has 1 saturated heterocycles. The van der Waals surface area contributed by atoms with Gasteiger partial charge in [-0.3, -0.25) is 4.79 Å². The minimum Gasteiger partial charge on any atom is -0.481 e. The molecule has 3 rings (SSSR count). The summed E-state index contributed by atoms with van der Waals surface area (Å²) in [7, 11) is -1.43. The molecule has 2 aromatic rings. The second-order valence-corrected chi connectivity index (χ2v) is 7.84. The van der Waals surface area contributed by atoms with Crippen LogP contribution in [0, 0.1) is 6.92 Å². The van der Waals surface area contributed by atoms with E-state index in [1.165, 1.54) is 7.11 Å². The second-order valence-electron chi connectivity index (χ2n) is 5.54. The topological polar surface area (TPSA) is 102 Å². The number of hydrogen-bond donors (Lipinski definition) is 1. The molecule has 2 aromatic heterocycles. The molecule has 0 atom stereocenters. The molecule has 0 amide bonds. The van der Waals surface area contributed by atoms with E-state index in [0.29, 0.717) is 35.6 Å². The third-order valence-electron chi connectivity index (χ3n) is 4.00. The van der Waals surface area contributed by atoms with E-state index in [1.54, 1.807) is 13.0 Å². The summed E-state index contributed by atoms with van der Waals surface area (Å²) in [6, 6.07) is 1.73. The Hall–Kier alpha value is -1.96. The number of aromatic nitrogens is 3. The van der Waals surface area contributed by atoms with Gasteiger partial charge in [0.15, 0.2) is 5.65 Å². The van der Waals surface area contributed by atoms with Crippen LogP contribution in [0.1, 0.15) is 30.1 Å². The van der Waals surface area contributed by atoms with Gasteiger partial charge in [0.1, 0.15) is 15.7 Å². The maximum atomic E-state index is 12.1. The van der Waals surface area contributed by atoms with Crippen molar-refractivity contribution in [3.63, 3.8) is 0 Å². The molecular formula is C14H17N3O4S. The van der Waals surface area contributed by atoms with Crippen molar-refractivity contribution in [2.24, 2.45) is 0 Å². The normalized spacial score (nSPS) is 18.5. The zero-order valence-corrected chi connectivity index (χ0v) is 13.2. The van der Waals surface area contributed by atoms with Gasteiger partial charge in [-0.1, -0.05) is 0 Å². The fraction of sp³-hybridized carbons (Fsp3) is 0.500. The number of methoxy groups -OCH3 is 1. The Balaban J connectivity index is 2.11. The van der Waals surface area contributed by atoms with Gasteiger partial charge in [-0.25, -0.2) is 13.4 Å². The average molecular weight is 323 g/mol. The predicted octanol–water partition coefficient (Wildman–Crippen LogP) is 0.927. The molecule has 1 fully saturated rings. The van der Waals surface area contributed by atoms with Crippen LogP contribution in [0.15, 0.2) is 10.9 Å². The number of H-pyrrole nitrogens is 1. The number of rotatable bonds is 2. The highest BCUT2D eigenvalue weighted by molar-refractivity contribution is 7.91. The molecule has 0 unspecified atom stereocenters. The lowest BCUT2D eigenvalue weighted by molar-refractivity contribution is 0.387. The maximum absolute atomic E-state index is 12.1. The van der Waals surface area contributed by atoms with E-state index in [2.05, 4.69) is 15.0 Å². The molecule has 0 aromatic carbocycles. The van der Waals surface area contributed by atoms with E-state index >= 15 is 0 Å². The number of nitrogens with one attached hydrogen (secondary N) is 1. The predicted molar refractivity (Wildman–Crippen MR) is 82.1 cm³/mol. The van der Waals surface area contributed by atoms with Crippen LogP contribution >= 0.6 is 0 Å². The van der Waals surface area contributed by atoms with Gasteiger partial charge in [-0.2, -0.15) is 4.98 Å². The number of fused-ring (bicyclic) bond motifs is 1. The molecule has 0 spiro atoms. The van der Waals surface area contributed by atoms with Crippen molar-refractivity contribution >= 4 is 20.9 Å². The summed E-state index contributed by atoms with van der Waals surface area (Å²) in [6.07, 6.45) is 1.03. The van der Waals surface area contributed by atoms with Crippen LogP contribution in [0.4, 0.5) is 0 Å². The Morgan fingerprint density at radius 3 is 2.59 bits per heavy atom. The molecule has 0 saturated carbocycles. The lowest BCUT2D eigenvalue weighted by Crippen LogP contribution is -2.23. The fourth-order valence-corrected chi connectivity index (χ4v) is 4.32. The number of nitrogens with zero attached hydrogens (tertiary/aromatic N) is 2. The smallest absolute Gasteiger partial charge is 0.260 e. The van der Waals surface area contributed by atoms with E-state index in [9.17, 15) is 13.2 Å². The SMILES string of the molecule is COc1nc2nc(C)[nH]c(=O)c2cc1C1CCS(=O)(=O)CC1. The first kappa shape index (κ1) is 15.0. The average Bonchev–Trinajstić information content (AvgIpc) is 2.46. The summed E-state index contributed by atoms with van der Waals surface area (Å²) in [5.41, 5.74) is 0.869. The van der Waals surface area contributed by atoms with Crippen LogP contribution in [0.25, 0.3) is 11.0 Å². The summed E-state index contributed by atoms with van der Waals surface area (Å²) >= 11 is 0. The monoisotopic (exact) mass is 323 g/mol. The van der Waals surface area contributed by atoms with E-state index in [-0.39, 0.29) is 23.0 Å². The zero-order chi connectivity index (χ0) is 15.9. The van der Waals surface area contributed by atoms with Crippen LogP contribution in [-0.4, -0.2) is 42.0 Å². The summed E-state index contributed by atoms with van der Waals surface area (Å²) in [5, 5.41) is 0.398. The molecule has 3 heterocycles. The molecule has 22 heavy (non-hydrogen) atoms. The molecule has 8 heteroatoms. The highest BCUT2D eigenvalue weighted by Gasteiger charge is 2.28. The second kappa shape index (κ2) is 5.35. The van der Waals surface area contributed by atoms with Gasteiger partial charge in [0, 0.05) is 5.56 Å². The largest absolute Gasteiger partial charge is 0.481 e. The zero-order valence-electron chi connectivity index (χ0n) is 12.4. The minimum absolute atomic E-state index is 0.0241. The fourth-order valence-electron chi connectivity index (χ4n) is 2.83. The van der Waals surface area contributed by atoms with Crippen molar-refractivity contribution in [1.29, 1.82) is 0 Å². The number of aryl methyl sites for hydroxylation is 1. The van der Waals surface area contributed by atoms with Crippen LogP contribution < -0.4 is 10.3 Å². The van der Waals surface area contributed by atoms with Crippen LogP contribution in [0.3, 0.4) is 0 Å². The van der Waals surface area contributed by atoms with Crippen molar-refractivity contribution in [3.05, 3.63) is 27.8 Å². The summed E-state index contributed by atoms with van der Waals surface area (Å²) < 4.78 is 28.5. The van der Waals surface area contributed by atoms with Crippen molar-refractivity contribution < 1.29 is 13.2 Å². The highest BCUT2D eigenvalue weighted by atomic mass is 32.2. The van der Waals surface area contributed by atoms with Gasteiger partial charge in [-0.05, 0) is 31.7 Å². The lowest BCUT2D eigenvalue weighted by atomic mass is 9.93. The Morgan fingerprint density at radius 2 is 1.95 bits per heavy atom. The Bertz CT molecular complexity index is 875. The molecule has 1 N–H and O–H groups in total. The molecule has 7 nitrogen and oxygen atoms in total. The minimum atomic E-state index is -2.94. The molecule has 1 aliphatic rings. The molecule has 118 valence electrons. The molecule has 0 radical (unpaired) electrons. The standard InChI is InChI=1S/C14H17N3O4S/c1-8-15-12-11(13(18)16-8)7-10(14(17-12)21-2)9-3-5-22(19,20)6-4-9/h7,9H,3-6H2,1-2H3,(H,15,16,17,18). The number of ether oxygens (including phenoxy) is 1. The number of hydrogen-bond acceptors (Lipinski definition) is 6. The molecule has 1 aliphatic heterocycles. The van der Waals surface area contributed by atoms with E-state index < -0.39 is 9.84 Å². The van der Waals surface area contributed by atoms with Crippen molar-refractivity contribution in [2.45, 2.75) is 25.7 Å². The van der Waals surface area contributed by atoms with E-state index in [1.807, 2.05) is 0 Å². The van der Waals surface area contributed by atoms with Crippen LogP contribution in [0.5, 0.6) is 5.88 Å². The summed E-state index contributed by atoms with van der Waals surface area (Å²) in [4.78, 5) is 23.3. The Kier molecular flexibility index (Phi) is 3.64. The Labute approximate surface area is 127 Å². The van der Waals surface area contributed by atoms with Crippen molar-refractivity contribution in [2.75, 3.05) is 18.6 Å². The van der Waals surface area contributed by atoms with E-state index in [4.69, 9.17) is 4.74 Å². The van der Waals surface area contributed by atoms with Gasteiger partial charge in [0.05, 0.1) is 24.0 Å². The third kappa shape index (κ3) is 2.70. The highest BCUT2D eigenvalue weighted by Crippen LogP contribution is 2.34. The lowest BCUT2D eigenvalue weighted by Gasteiger charge is -2.23. The quantitative estimate of drug-likeness (QED) is 0.882. The Morgan fingerprint density at radius 1 is 1.27 bits per heavy atom. The van der Waals surface area contributed by atoms with Gasteiger partial charge in [0.2, 0.25) is 5.88 Å². The summed E-state index contributed by atoms with van der Waals surface area (Å²) in [6.45, 7) is 1.69. The van der Waals surface area contributed by atoms with Crippen molar-refractivity contribution in [3.8, 4) is 5.88 Å². The number of aromatic amines is 1. The summed E-state index contributed by atoms with van der Waals surface area (Å²) in [5.74, 6) is 1.23.